The molecule has 1 aliphatic heterocycles. The van der Waals surface area contributed by atoms with Crippen LogP contribution in [0.1, 0.15) is 32.6 Å². The van der Waals surface area contributed by atoms with E-state index in [-0.39, 0.29) is 12.3 Å². The van der Waals surface area contributed by atoms with Crippen LogP contribution in [0.5, 0.6) is 0 Å². The number of amides is 1. The molecule has 0 aliphatic carbocycles. The van der Waals surface area contributed by atoms with Crippen LogP contribution in [0.2, 0.25) is 0 Å². The molecule has 0 bridgehead atoms. The summed E-state index contributed by atoms with van der Waals surface area (Å²) in [6, 6.07) is -0.883. The summed E-state index contributed by atoms with van der Waals surface area (Å²) in [5.41, 5.74) is -0.588. The van der Waals surface area contributed by atoms with Crippen LogP contribution in [0.4, 0.5) is 0 Å². The van der Waals surface area contributed by atoms with Gasteiger partial charge in [0.1, 0.15) is 6.04 Å². The van der Waals surface area contributed by atoms with Gasteiger partial charge in [0.25, 0.3) is 0 Å². The second kappa shape index (κ2) is 5.82. The molecule has 0 saturated carbocycles. The molecule has 3 N–H and O–H groups in total. The Kier molecular flexibility index (Phi) is 4.69. The first-order valence-corrected chi connectivity index (χ1v) is 5.95. The molecule has 5 nitrogen and oxygen atoms in total. The lowest BCUT2D eigenvalue weighted by Gasteiger charge is -2.28. The van der Waals surface area contributed by atoms with E-state index in [1.807, 2.05) is 6.92 Å². The highest BCUT2D eigenvalue weighted by atomic mass is 16.4. The summed E-state index contributed by atoms with van der Waals surface area (Å²) in [4.78, 5) is 23.1. The largest absolute Gasteiger partial charge is 0.480 e. The lowest BCUT2D eigenvalue weighted by Crippen LogP contribution is -2.56. The second-order valence-corrected chi connectivity index (χ2v) is 4.35. The minimum atomic E-state index is -1.03. The smallest absolute Gasteiger partial charge is 0.326 e. The van der Waals surface area contributed by atoms with Gasteiger partial charge in [-0.1, -0.05) is 13.0 Å². The minimum Gasteiger partial charge on any atom is -0.480 e. The molecule has 0 aromatic carbocycles. The van der Waals surface area contributed by atoms with Crippen LogP contribution < -0.4 is 10.6 Å². The van der Waals surface area contributed by atoms with E-state index in [1.165, 1.54) is 6.08 Å². The van der Waals surface area contributed by atoms with Crippen molar-refractivity contribution in [1.82, 2.24) is 10.6 Å². The average molecular weight is 240 g/mol. The Labute approximate surface area is 101 Å². The zero-order chi connectivity index (χ0) is 12.9. The fraction of sp³-hybridized carbons (Fsp3) is 0.667. The maximum absolute atomic E-state index is 12.1. The number of nitrogens with one attached hydrogen (secondary N) is 2. The van der Waals surface area contributed by atoms with Crippen molar-refractivity contribution < 1.29 is 14.7 Å². The molecule has 17 heavy (non-hydrogen) atoms. The number of carboxylic acids is 1. The molecular formula is C12H20N2O3. The van der Waals surface area contributed by atoms with Crippen molar-refractivity contribution in [3.63, 3.8) is 0 Å². The lowest BCUT2D eigenvalue weighted by atomic mass is 9.92. The summed E-state index contributed by atoms with van der Waals surface area (Å²) in [5.74, 6) is -1.24. The summed E-state index contributed by atoms with van der Waals surface area (Å²) in [5, 5.41) is 14.7. The number of carbonyl (C=O) groups excluding carboxylic acids is 1. The van der Waals surface area contributed by atoms with Crippen LogP contribution in [0.15, 0.2) is 12.7 Å². The summed E-state index contributed by atoms with van der Waals surface area (Å²) >= 11 is 0. The van der Waals surface area contributed by atoms with E-state index >= 15 is 0 Å². The Morgan fingerprint density at radius 3 is 2.76 bits per heavy atom. The molecule has 0 aromatic rings. The van der Waals surface area contributed by atoms with E-state index in [9.17, 15) is 9.59 Å². The molecule has 0 radical (unpaired) electrons. The molecule has 0 aromatic heterocycles. The molecule has 1 aliphatic rings. The Bertz CT molecular complexity index is 309. The number of aliphatic carboxylic acids is 1. The molecule has 1 heterocycles. The highest BCUT2D eigenvalue weighted by molar-refractivity contribution is 5.90. The van der Waals surface area contributed by atoms with Gasteiger partial charge in [0, 0.05) is 0 Å². The van der Waals surface area contributed by atoms with Crippen molar-refractivity contribution in [1.29, 1.82) is 0 Å². The van der Waals surface area contributed by atoms with Crippen molar-refractivity contribution in [2.24, 2.45) is 0 Å². The highest BCUT2D eigenvalue weighted by Gasteiger charge is 2.40. The van der Waals surface area contributed by atoms with E-state index < -0.39 is 17.6 Å². The average Bonchev–Trinajstić information content (AvgIpc) is 2.78. The standard InChI is InChI=1S/C12H20N2O3/c1-3-6-9(10(15)16)14-11(17)12(4-2)7-5-8-13-12/h3,9,13H,1,4-8H2,2H3,(H,14,17)(H,15,16). The normalized spacial score (nSPS) is 25.2. The summed E-state index contributed by atoms with van der Waals surface area (Å²) in [6.45, 7) is 6.23. The van der Waals surface area contributed by atoms with Gasteiger partial charge in [-0.05, 0) is 32.2 Å². The summed E-state index contributed by atoms with van der Waals surface area (Å²) in [6.07, 6.45) is 4.11. The Hall–Kier alpha value is -1.36. The number of hydrogen-bond donors (Lipinski definition) is 3. The third-order valence-electron chi connectivity index (χ3n) is 3.29. The van der Waals surface area contributed by atoms with Crippen molar-refractivity contribution >= 4 is 11.9 Å². The maximum Gasteiger partial charge on any atom is 0.326 e. The molecule has 2 unspecified atom stereocenters. The molecule has 2 atom stereocenters. The zero-order valence-electron chi connectivity index (χ0n) is 10.2. The topological polar surface area (TPSA) is 78.4 Å². The number of carbonyl (C=O) groups is 2. The van der Waals surface area contributed by atoms with Gasteiger partial charge in [-0.2, -0.15) is 0 Å². The van der Waals surface area contributed by atoms with Gasteiger partial charge in [-0.3, -0.25) is 4.79 Å². The van der Waals surface area contributed by atoms with Crippen LogP contribution in [0, 0.1) is 0 Å². The SMILES string of the molecule is C=CCC(NC(=O)C1(CC)CCCN1)C(=O)O. The Morgan fingerprint density at radius 1 is 1.65 bits per heavy atom. The van der Waals surface area contributed by atoms with E-state index in [0.29, 0.717) is 6.42 Å². The van der Waals surface area contributed by atoms with Crippen molar-refractivity contribution in [2.75, 3.05) is 6.54 Å². The lowest BCUT2D eigenvalue weighted by molar-refractivity contribution is -0.142. The first-order valence-electron chi connectivity index (χ1n) is 5.95. The quantitative estimate of drug-likeness (QED) is 0.596. The van der Waals surface area contributed by atoms with Gasteiger partial charge >= 0.3 is 5.97 Å². The van der Waals surface area contributed by atoms with Crippen molar-refractivity contribution in [3.05, 3.63) is 12.7 Å². The van der Waals surface area contributed by atoms with Crippen LogP contribution in [-0.4, -0.2) is 35.1 Å². The fourth-order valence-electron chi connectivity index (χ4n) is 2.15. The van der Waals surface area contributed by atoms with Gasteiger partial charge in [-0.15, -0.1) is 6.58 Å². The molecule has 5 heteroatoms. The van der Waals surface area contributed by atoms with E-state index in [0.717, 1.165) is 19.4 Å². The summed E-state index contributed by atoms with van der Waals surface area (Å²) in [7, 11) is 0. The molecule has 96 valence electrons. The van der Waals surface area contributed by atoms with Gasteiger partial charge in [0.2, 0.25) is 5.91 Å². The predicted molar refractivity (Wildman–Crippen MR) is 64.6 cm³/mol. The fourth-order valence-corrected chi connectivity index (χ4v) is 2.15. The van der Waals surface area contributed by atoms with Crippen LogP contribution in [0.3, 0.4) is 0 Å². The van der Waals surface area contributed by atoms with Crippen molar-refractivity contribution in [3.8, 4) is 0 Å². The molecule has 1 amide bonds. The molecule has 1 saturated heterocycles. The van der Waals surface area contributed by atoms with Gasteiger partial charge in [0.15, 0.2) is 0 Å². The van der Waals surface area contributed by atoms with Crippen LogP contribution in [0.25, 0.3) is 0 Å². The van der Waals surface area contributed by atoms with Crippen LogP contribution in [-0.2, 0) is 9.59 Å². The molecule has 0 spiro atoms. The van der Waals surface area contributed by atoms with E-state index in [2.05, 4.69) is 17.2 Å². The molecule has 1 rings (SSSR count). The Balaban J connectivity index is 2.68. The third kappa shape index (κ3) is 3.06. The highest BCUT2D eigenvalue weighted by Crippen LogP contribution is 2.23. The predicted octanol–water partition coefficient (Wildman–Crippen LogP) is 0.664. The molecule has 1 fully saturated rings. The number of rotatable bonds is 6. The van der Waals surface area contributed by atoms with Gasteiger partial charge in [0.05, 0.1) is 5.54 Å². The van der Waals surface area contributed by atoms with Gasteiger partial charge < -0.3 is 15.7 Å². The third-order valence-corrected chi connectivity index (χ3v) is 3.29. The number of carboxylic acid groups (broad SMARTS) is 1. The Morgan fingerprint density at radius 2 is 2.35 bits per heavy atom. The minimum absolute atomic E-state index is 0.216. The van der Waals surface area contributed by atoms with E-state index in [4.69, 9.17) is 5.11 Å². The van der Waals surface area contributed by atoms with E-state index in [1.54, 1.807) is 0 Å². The second-order valence-electron chi connectivity index (χ2n) is 4.35. The van der Waals surface area contributed by atoms with Crippen LogP contribution >= 0.6 is 0 Å². The first kappa shape index (κ1) is 13.7. The van der Waals surface area contributed by atoms with Crippen molar-refractivity contribution in [2.45, 2.75) is 44.2 Å². The maximum atomic E-state index is 12.1. The monoisotopic (exact) mass is 240 g/mol. The van der Waals surface area contributed by atoms with Gasteiger partial charge in [-0.25, -0.2) is 4.79 Å². The number of hydrogen-bond acceptors (Lipinski definition) is 3. The zero-order valence-corrected chi connectivity index (χ0v) is 10.2. The summed E-state index contributed by atoms with van der Waals surface area (Å²) < 4.78 is 0. The first-order chi connectivity index (χ1) is 8.05. The molecular weight excluding hydrogens is 220 g/mol.